The molecule has 0 bridgehead atoms. The van der Waals surface area contributed by atoms with Crippen molar-refractivity contribution in [2.75, 3.05) is 18.5 Å². The van der Waals surface area contributed by atoms with Gasteiger partial charge >= 0.3 is 0 Å². The van der Waals surface area contributed by atoms with Crippen LogP contribution in [0.15, 0.2) is 36.7 Å². The van der Waals surface area contributed by atoms with Crippen molar-refractivity contribution in [3.05, 3.63) is 42.4 Å². The zero-order valence-corrected chi connectivity index (χ0v) is 11.0. The molecule has 0 fully saturated rings. The highest BCUT2D eigenvalue weighted by Gasteiger charge is 2.00. The van der Waals surface area contributed by atoms with Crippen LogP contribution in [-0.2, 0) is 6.42 Å². The van der Waals surface area contributed by atoms with E-state index in [2.05, 4.69) is 22.2 Å². The van der Waals surface area contributed by atoms with Crippen LogP contribution in [0.2, 0.25) is 0 Å². The number of hydrogen-bond donors (Lipinski definition) is 2. The van der Waals surface area contributed by atoms with Gasteiger partial charge in [-0.05, 0) is 18.6 Å². The Morgan fingerprint density at radius 1 is 1.26 bits per heavy atom. The van der Waals surface area contributed by atoms with Crippen molar-refractivity contribution in [1.29, 1.82) is 0 Å². The van der Waals surface area contributed by atoms with Crippen LogP contribution in [0.25, 0.3) is 0 Å². The molecule has 0 aliphatic carbocycles. The summed E-state index contributed by atoms with van der Waals surface area (Å²) in [6, 6.07) is 9.65. The predicted octanol–water partition coefficient (Wildman–Crippen LogP) is 2.12. The first kappa shape index (κ1) is 13.3. The third kappa shape index (κ3) is 3.93. The van der Waals surface area contributed by atoms with Gasteiger partial charge in [-0.1, -0.05) is 13.0 Å². The van der Waals surface area contributed by atoms with Crippen LogP contribution in [0.4, 0.5) is 11.5 Å². The summed E-state index contributed by atoms with van der Waals surface area (Å²) >= 11 is 0. The molecule has 0 unspecified atom stereocenters. The van der Waals surface area contributed by atoms with Crippen molar-refractivity contribution >= 4 is 11.5 Å². The van der Waals surface area contributed by atoms with Gasteiger partial charge in [-0.3, -0.25) is 0 Å². The average Bonchev–Trinajstić information content (AvgIpc) is 2.46. The van der Waals surface area contributed by atoms with Crippen molar-refractivity contribution in [3.63, 3.8) is 0 Å². The number of aryl methyl sites for hydroxylation is 1. The van der Waals surface area contributed by atoms with E-state index >= 15 is 0 Å². The van der Waals surface area contributed by atoms with Gasteiger partial charge in [0.2, 0.25) is 0 Å². The van der Waals surface area contributed by atoms with E-state index in [4.69, 9.17) is 10.5 Å². The molecule has 0 saturated carbocycles. The molecule has 0 atom stereocenters. The molecule has 0 saturated heterocycles. The fourth-order valence-electron chi connectivity index (χ4n) is 1.65. The lowest BCUT2D eigenvalue weighted by Crippen LogP contribution is -2.10. The van der Waals surface area contributed by atoms with Gasteiger partial charge in [0.1, 0.15) is 24.5 Å². The lowest BCUT2D eigenvalue weighted by molar-refractivity contribution is 0.328. The van der Waals surface area contributed by atoms with E-state index in [0.29, 0.717) is 13.2 Å². The van der Waals surface area contributed by atoms with Gasteiger partial charge in [0.05, 0.1) is 0 Å². The Balaban J connectivity index is 2.09. The Labute approximate surface area is 112 Å². The zero-order valence-electron chi connectivity index (χ0n) is 11.0. The molecule has 1 aromatic carbocycles. The third-order valence-corrected chi connectivity index (χ3v) is 2.58. The molecule has 0 spiro atoms. The molecule has 100 valence electrons. The fraction of sp³-hybridized carbons (Fsp3) is 0.286. The maximum absolute atomic E-state index is 5.48. The minimum absolute atomic E-state index is 0.503. The van der Waals surface area contributed by atoms with Crippen LogP contribution in [0, 0.1) is 0 Å². The van der Waals surface area contributed by atoms with Crippen LogP contribution >= 0.6 is 0 Å². The van der Waals surface area contributed by atoms with Crippen LogP contribution < -0.4 is 15.8 Å². The maximum Gasteiger partial charge on any atom is 0.133 e. The zero-order chi connectivity index (χ0) is 13.5. The first-order valence-electron chi connectivity index (χ1n) is 6.32. The summed E-state index contributed by atoms with van der Waals surface area (Å²) in [5.74, 6) is 1.57. The van der Waals surface area contributed by atoms with E-state index < -0.39 is 0 Å². The Bertz CT molecular complexity index is 530. The molecule has 5 heteroatoms. The highest BCUT2D eigenvalue weighted by Crippen LogP contribution is 2.20. The maximum atomic E-state index is 5.48. The van der Waals surface area contributed by atoms with E-state index in [1.165, 1.54) is 0 Å². The second kappa shape index (κ2) is 6.70. The van der Waals surface area contributed by atoms with Crippen LogP contribution in [0.3, 0.4) is 0 Å². The van der Waals surface area contributed by atoms with Gasteiger partial charge in [0.25, 0.3) is 0 Å². The molecule has 0 aliphatic heterocycles. The molecule has 2 aromatic rings. The Morgan fingerprint density at radius 2 is 2.16 bits per heavy atom. The predicted molar refractivity (Wildman–Crippen MR) is 75.7 cm³/mol. The Kier molecular flexibility index (Phi) is 4.69. The van der Waals surface area contributed by atoms with Crippen LogP contribution in [-0.4, -0.2) is 23.1 Å². The lowest BCUT2D eigenvalue weighted by atomic mass is 10.3. The van der Waals surface area contributed by atoms with Crippen LogP contribution in [0.1, 0.15) is 12.6 Å². The third-order valence-electron chi connectivity index (χ3n) is 2.58. The second-order valence-corrected chi connectivity index (χ2v) is 4.04. The number of rotatable bonds is 6. The first-order chi connectivity index (χ1) is 9.31. The number of anilines is 2. The summed E-state index contributed by atoms with van der Waals surface area (Å²) in [5.41, 5.74) is 7.35. The molecule has 0 aliphatic rings. The number of nitrogens with zero attached hydrogens (tertiary/aromatic N) is 2. The number of benzene rings is 1. The van der Waals surface area contributed by atoms with E-state index in [-0.39, 0.29) is 0 Å². The highest BCUT2D eigenvalue weighted by molar-refractivity contribution is 5.58. The lowest BCUT2D eigenvalue weighted by Gasteiger charge is -2.09. The Morgan fingerprint density at radius 3 is 2.95 bits per heavy atom. The molecule has 3 N–H and O–H groups in total. The molecule has 0 radical (unpaired) electrons. The normalized spacial score (nSPS) is 10.2. The van der Waals surface area contributed by atoms with Gasteiger partial charge in [-0.15, -0.1) is 0 Å². The SMILES string of the molecule is CCc1cc(Nc2cccc(OCCN)c2)ncn1. The number of hydrogen-bond acceptors (Lipinski definition) is 5. The summed E-state index contributed by atoms with van der Waals surface area (Å²) in [4.78, 5) is 8.36. The Hall–Kier alpha value is -2.14. The van der Waals surface area contributed by atoms with Gasteiger partial charge in [-0.25, -0.2) is 9.97 Å². The van der Waals surface area contributed by atoms with Gasteiger partial charge < -0.3 is 15.8 Å². The molecule has 2 rings (SSSR count). The summed E-state index contributed by atoms with van der Waals surface area (Å²) in [6.07, 6.45) is 2.45. The standard InChI is InChI=1S/C14H18N4O/c1-2-11-9-14(17-10-16-11)18-12-4-3-5-13(8-12)19-7-6-15/h3-5,8-10H,2,6-7,15H2,1H3,(H,16,17,18). The van der Waals surface area contributed by atoms with E-state index in [1.807, 2.05) is 30.3 Å². The summed E-state index contributed by atoms with van der Waals surface area (Å²) in [6.45, 7) is 3.08. The number of nitrogens with one attached hydrogen (secondary N) is 1. The fourth-order valence-corrected chi connectivity index (χ4v) is 1.65. The summed E-state index contributed by atoms with van der Waals surface area (Å²) < 4.78 is 5.48. The number of aromatic nitrogens is 2. The van der Waals surface area contributed by atoms with Gasteiger partial charge in [0, 0.05) is 30.1 Å². The van der Waals surface area contributed by atoms with Gasteiger partial charge in [0.15, 0.2) is 0 Å². The summed E-state index contributed by atoms with van der Waals surface area (Å²) in [7, 11) is 0. The second-order valence-electron chi connectivity index (χ2n) is 4.04. The summed E-state index contributed by atoms with van der Waals surface area (Å²) in [5, 5.41) is 3.23. The first-order valence-corrected chi connectivity index (χ1v) is 6.32. The van der Waals surface area contributed by atoms with Crippen molar-refractivity contribution in [2.45, 2.75) is 13.3 Å². The van der Waals surface area contributed by atoms with Crippen molar-refractivity contribution < 1.29 is 4.74 Å². The van der Waals surface area contributed by atoms with Crippen molar-refractivity contribution in [1.82, 2.24) is 9.97 Å². The molecular formula is C14H18N4O. The monoisotopic (exact) mass is 258 g/mol. The molecule has 19 heavy (non-hydrogen) atoms. The van der Waals surface area contributed by atoms with Crippen molar-refractivity contribution in [3.8, 4) is 5.75 Å². The molecule has 1 aromatic heterocycles. The quantitative estimate of drug-likeness (QED) is 0.830. The van der Waals surface area contributed by atoms with E-state index in [9.17, 15) is 0 Å². The molecule has 0 amide bonds. The topological polar surface area (TPSA) is 73.1 Å². The number of nitrogens with two attached hydrogens (primary N) is 1. The smallest absolute Gasteiger partial charge is 0.133 e. The highest BCUT2D eigenvalue weighted by atomic mass is 16.5. The van der Waals surface area contributed by atoms with Crippen molar-refractivity contribution in [2.24, 2.45) is 5.73 Å². The van der Waals surface area contributed by atoms with Gasteiger partial charge in [-0.2, -0.15) is 0 Å². The largest absolute Gasteiger partial charge is 0.492 e. The van der Waals surface area contributed by atoms with E-state index in [0.717, 1.165) is 29.4 Å². The molecular weight excluding hydrogens is 240 g/mol. The minimum atomic E-state index is 0.503. The molecule has 1 heterocycles. The number of ether oxygens (including phenoxy) is 1. The van der Waals surface area contributed by atoms with Crippen LogP contribution in [0.5, 0.6) is 5.75 Å². The van der Waals surface area contributed by atoms with E-state index in [1.54, 1.807) is 6.33 Å². The average molecular weight is 258 g/mol. The minimum Gasteiger partial charge on any atom is -0.492 e. The molecule has 5 nitrogen and oxygen atoms in total.